The molecule has 0 aliphatic heterocycles. The Morgan fingerprint density at radius 2 is 2.00 bits per heavy atom. The van der Waals surface area contributed by atoms with Gasteiger partial charge in [0.1, 0.15) is 6.61 Å². The SMILES string of the molecule is CC(=O)C(Cc1ccccc1)NC(=O)OCC1=CCC=CC=C1. The molecule has 1 aromatic carbocycles. The van der Waals surface area contributed by atoms with Crippen LogP contribution in [0.1, 0.15) is 18.9 Å². The van der Waals surface area contributed by atoms with E-state index >= 15 is 0 Å². The second kappa shape index (κ2) is 8.73. The molecule has 1 aliphatic carbocycles. The van der Waals surface area contributed by atoms with Crippen molar-refractivity contribution in [2.45, 2.75) is 25.8 Å². The van der Waals surface area contributed by atoms with Crippen molar-refractivity contribution in [3.05, 3.63) is 71.8 Å². The summed E-state index contributed by atoms with van der Waals surface area (Å²) in [5.41, 5.74) is 1.93. The third kappa shape index (κ3) is 5.94. The minimum atomic E-state index is -0.578. The number of ether oxygens (including phenoxy) is 1. The van der Waals surface area contributed by atoms with E-state index in [0.29, 0.717) is 6.42 Å². The molecule has 0 saturated carbocycles. The third-order valence-corrected chi connectivity index (χ3v) is 3.51. The van der Waals surface area contributed by atoms with Crippen LogP contribution in [0.2, 0.25) is 0 Å². The Balaban J connectivity index is 1.86. The van der Waals surface area contributed by atoms with Crippen LogP contribution in [0.4, 0.5) is 4.79 Å². The zero-order valence-electron chi connectivity index (χ0n) is 13.2. The number of alkyl carbamates (subject to hydrolysis) is 1. The molecule has 1 aliphatic rings. The van der Waals surface area contributed by atoms with E-state index in [1.165, 1.54) is 6.92 Å². The normalized spacial score (nSPS) is 14.6. The van der Waals surface area contributed by atoms with Crippen LogP contribution < -0.4 is 5.32 Å². The van der Waals surface area contributed by atoms with Crippen LogP contribution in [0.15, 0.2) is 66.3 Å². The summed E-state index contributed by atoms with van der Waals surface area (Å²) in [6, 6.07) is 9.00. The highest BCUT2D eigenvalue weighted by molar-refractivity contribution is 5.85. The first kappa shape index (κ1) is 16.7. The van der Waals surface area contributed by atoms with Crippen molar-refractivity contribution in [2.24, 2.45) is 0 Å². The van der Waals surface area contributed by atoms with E-state index < -0.39 is 12.1 Å². The first-order chi connectivity index (χ1) is 11.1. The average molecular weight is 311 g/mol. The molecule has 120 valence electrons. The highest BCUT2D eigenvalue weighted by Crippen LogP contribution is 2.07. The number of hydrogen-bond donors (Lipinski definition) is 1. The fourth-order valence-electron chi connectivity index (χ4n) is 2.21. The average Bonchev–Trinajstić information content (AvgIpc) is 2.82. The fourth-order valence-corrected chi connectivity index (χ4v) is 2.21. The number of carbonyl (C=O) groups is 2. The Labute approximate surface area is 136 Å². The Kier molecular flexibility index (Phi) is 6.36. The van der Waals surface area contributed by atoms with Crippen molar-refractivity contribution in [2.75, 3.05) is 6.61 Å². The number of Topliss-reactive ketones (excluding diaryl/α,β-unsaturated/α-hetero) is 1. The van der Waals surface area contributed by atoms with E-state index in [0.717, 1.165) is 17.6 Å². The predicted octanol–water partition coefficient (Wildman–Crippen LogP) is 3.36. The summed E-state index contributed by atoms with van der Waals surface area (Å²) < 4.78 is 5.21. The maximum atomic E-state index is 11.9. The lowest BCUT2D eigenvalue weighted by Crippen LogP contribution is -2.41. The van der Waals surface area contributed by atoms with Crippen LogP contribution in [0.3, 0.4) is 0 Å². The standard InChI is InChI=1S/C19H21NO3/c1-15(21)18(13-16-9-7-4-8-10-16)20-19(22)23-14-17-11-5-2-3-6-12-17/h2-5,7-12,18H,6,13-14H2,1H3,(H,20,22). The Morgan fingerprint density at radius 1 is 1.22 bits per heavy atom. The van der Waals surface area contributed by atoms with E-state index in [-0.39, 0.29) is 12.4 Å². The van der Waals surface area contributed by atoms with E-state index in [1.807, 2.05) is 60.7 Å². The van der Waals surface area contributed by atoms with Crippen LogP contribution in [0, 0.1) is 0 Å². The number of allylic oxidation sites excluding steroid dienone is 4. The van der Waals surface area contributed by atoms with E-state index in [4.69, 9.17) is 4.74 Å². The Bertz CT molecular complexity index is 629. The second-order valence-corrected chi connectivity index (χ2v) is 5.38. The number of carbonyl (C=O) groups excluding carboxylic acids is 2. The van der Waals surface area contributed by atoms with E-state index in [9.17, 15) is 9.59 Å². The van der Waals surface area contributed by atoms with E-state index in [1.54, 1.807) is 0 Å². The zero-order valence-corrected chi connectivity index (χ0v) is 13.2. The first-order valence-electron chi connectivity index (χ1n) is 7.65. The molecule has 23 heavy (non-hydrogen) atoms. The third-order valence-electron chi connectivity index (χ3n) is 3.51. The molecule has 0 bridgehead atoms. The van der Waals surface area contributed by atoms with Gasteiger partial charge in [0.25, 0.3) is 0 Å². The topological polar surface area (TPSA) is 55.4 Å². The van der Waals surface area contributed by atoms with Gasteiger partial charge in [0.05, 0.1) is 6.04 Å². The molecule has 1 unspecified atom stereocenters. The van der Waals surface area contributed by atoms with Crippen molar-refractivity contribution >= 4 is 11.9 Å². The number of hydrogen-bond acceptors (Lipinski definition) is 3. The Hall–Kier alpha value is -2.62. The molecular weight excluding hydrogens is 290 g/mol. The lowest BCUT2D eigenvalue weighted by atomic mass is 10.0. The maximum Gasteiger partial charge on any atom is 0.408 e. The highest BCUT2D eigenvalue weighted by atomic mass is 16.5. The minimum absolute atomic E-state index is 0.0939. The van der Waals surface area contributed by atoms with Crippen molar-refractivity contribution in [3.8, 4) is 0 Å². The van der Waals surface area contributed by atoms with Gasteiger partial charge in [0, 0.05) is 0 Å². The molecule has 2 rings (SSSR count). The van der Waals surface area contributed by atoms with Crippen LogP contribution >= 0.6 is 0 Å². The molecule has 4 nitrogen and oxygen atoms in total. The summed E-state index contributed by atoms with van der Waals surface area (Å²) in [6.45, 7) is 1.66. The molecule has 0 saturated heterocycles. The summed E-state index contributed by atoms with van der Waals surface area (Å²) in [4.78, 5) is 23.7. The summed E-state index contributed by atoms with van der Waals surface area (Å²) in [5, 5.41) is 2.64. The van der Waals surface area contributed by atoms with Crippen molar-refractivity contribution in [1.29, 1.82) is 0 Å². The fraction of sp³-hybridized carbons (Fsp3) is 0.263. The van der Waals surface area contributed by atoms with Gasteiger partial charge < -0.3 is 10.1 Å². The molecule has 1 amide bonds. The molecule has 0 heterocycles. The van der Waals surface area contributed by atoms with Gasteiger partial charge in [-0.05, 0) is 30.9 Å². The molecule has 0 fully saturated rings. The largest absolute Gasteiger partial charge is 0.445 e. The molecule has 0 radical (unpaired) electrons. The summed E-state index contributed by atoms with van der Waals surface area (Å²) in [5.74, 6) is -0.0939. The molecule has 1 aromatic rings. The van der Waals surface area contributed by atoms with Gasteiger partial charge in [-0.1, -0.05) is 60.7 Å². The van der Waals surface area contributed by atoms with Gasteiger partial charge in [-0.25, -0.2) is 4.79 Å². The van der Waals surface area contributed by atoms with Crippen LogP contribution in [0.5, 0.6) is 0 Å². The van der Waals surface area contributed by atoms with Gasteiger partial charge in [0.15, 0.2) is 5.78 Å². The van der Waals surface area contributed by atoms with Gasteiger partial charge in [-0.3, -0.25) is 4.79 Å². The summed E-state index contributed by atoms with van der Waals surface area (Å²) in [6.07, 6.45) is 10.5. The van der Waals surface area contributed by atoms with Crippen molar-refractivity contribution < 1.29 is 14.3 Å². The second-order valence-electron chi connectivity index (χ2n) is 5.38. The molecule has 0 aromatic heterocycles. The lowest BCUT2D eigenvalue weighted by molar-refractivity contribution is -0.118. The first-order valence-corrected chi connectivity index (χ1v) is 7.65. The van der Waals surface area contributed by atoms with Crippen LogP contribution in [-0.4, -0.2) is 24.5 Å². The number of ketones is 1. The predicted molar refractivity (Wildman–Crippen MR) is 90.1 cm³/mol. The van der Waals surface area contributed by atoms with Gasteiger partial charge in [0.2, 0.25) is 0 Å². The van der Waals surface area contributed by atoms with Crippen molar-refractivity contribution in [3.63, 3.8) is 0 Å². The van der Waals surface area contributed by atoms with Crippen LogP contribution in [0.25, 0.3) is 0 Å². The smallest absolute Gasteiger partial charge is 0.408 e. The molecule has 4 heteroatoms. The molecule has 1 atom stereocenters. The Morgan fingerprint density at radius 3 is 2.74 bits per heavy atom. The van der Waals surface area contributed by atoms with Crippen molar-refractivity contribution in [1.82, 2.24) is 5.32 Å². The minimum Gasteiger partial charge on any atom is -0.445 e. The lowest BCUT2D eigenvalue weighted by Gasteiger charge is -2.16. The number of rotatable bonds is 6. The number of amides is 1. The summed E-state index contributed by atoms with van der Waals surface area (Å²) >= 11 is 0. The van der Waals surface area contributed by atoms with Gasteiger partial charge in [-0.15, -0.1) is 0 Å². The number of nitrogens with one attached hydrogen (secondary N) is 1. The van der Waals surface area contributed by atoms with Crippen LogP contribution in [-0.2, 0) is 16.0 Å². The molecular formula is C19H21NO3. The monoisotopic (exact) mass is 311 g/mol. The quantitative estimate of drug-likeness (QED) is 0.876. The maximum absolute atomic E-state index is 11.9. The molecule has 1 N–H and O–H groups in total. The van der Waals surface area contributed by atoms with Gasteiger partial charge >= 0.3 is 6.09 Å². The van der Waals surface area contributed by atoms with Gasteiger partial charge in [-0.2, -0.15) is 0 Å². The molecule has 0 spiro atoms. The summed E-state index contributed by atoms with van der Waals surface area (Å²) in [7, 11) is 0. The highest BCUT2D eigenvalue weighted by Gasteiger charge is 2.18. The number of benzene rings is 1. The zero-order chi connectivity index (χ0) is 16.5. The van der Waals surface area contributed by atoms with E-state index in [2.05, 4.69) is 5.32 Å².